The lowest BCUT2D eigenvalue weighted by molar-refractivity contribution is -0.150. The quantitative estimate of drug-likeness (QED) is 0.710. The van der Waals surface area contributed by atoms with Crippen molar-refractivity contribution in [1.29, 1.82) is 0 Å². The van der Waals surface area contributed by atoms with Gasteiger partial charge in [0.1, 0.15) is 5.54 Å². The van der Waals surface area contributed by atoms with Crippen molar-refractivity contribution >= 4 is 15.8 Å². The Morgan fingerprint density at radius 3 is 2.07 bits per heavy atom. The van der Waals surface area contributed by atoms with Gasteiger partial charge in [-0.05, 0) is 25.9 Å². The van der Waals surface area contributed by atoms with Crippen LogP contribution in [-0.4, -0.2) is 54.5 Å². The van der Waals surface area contributed by atoms with E-state index in [-0.39, 0.29) is 11.5 Å². The number of rotatable bonds is 2. The van der Waals surface area contributed by atoms with E-state index < -0.39 is 21.3 Å². The summed E-state index contributed by atoms with van der Waals surface area (Å²) in [5, 5.41) is 9.16. The van der Waals surface area contributed by atoms with Gasteiger partial charge in [-0.2, -0.15) is 0 Å². The largest absolute Gasteiger partial charge is 0.480 e. The van der Waals surface area contributed by atoms with Crippen LogP contribution in [0.1, 0.15) is 19.3 Å². The van der Waals surface area contributed by atoms with Gasteiger partial charge in [0.05, 0.1) is 11.5 Å². The van der Waals surface area contributed by atoms with Crippen LogP contribution in [0.2, 0.25) is 0 Å². The van der Waals surface area contributed by atoms with Gasteiger partial charge < -0.3 is 5.11 Å². The van der Waals surface area contributed by atoms with E-state index in [2.05, 4.69) is 0 Å². The van der Waals surface area contributed by atoms with Gasteiger partial charge in [0, 0.05) is 0 Å². The maximum Gasteiger partial charge on any atom is 0.326 e. The van der Waals surface area contributed by atoms with E-state index in [1.165, 1.54) is 0 Å². The molecule has 0 bridgehead atoms. The van der Waals surface area contributed by atoms with E-state index >= 15 is 0 Å². The standard InChI is InChI=1S/C9H15NO4S/c11-8(12)9(6-15(13,14)7-9)10-4-2-1-3-5-10/h1-7H2,(H,11,12). The maximum atomic E-state index is 11.2. The summed E-state index contributed by atoms with van der Waals surface area (Å²) in [7, 11) is -3.11. The van der Waals surface area contributed by atoms with E-state index in [4.69, 9.17) is 5.11 Å². The number of aliphatic carboxylic acids is 1. The van der Waals surface area contributed by atoms with Gasteiger partial charge in [-0.25, -0.2) is 8.42 Å². The summed E-state index contributed by atoms with van der Waals surface area (Å²) in [4.78, 5) is 13.0. The third-order valence-electron chi connectivity index (χ3n) is 3.28. The molecule has 0 radical (unpaired) electrons. The van der Waals surface area contributed by atoms with Gasteiger partial charge >= 0.3 is 5.97 Å². The van der Waals surface area contributed by atoms with Crippen LogP contribution in [0.25, 0.3) is 0 Å². The number of carboxylic acid groups (broad SMARTS) is 1. The molecule has 2 rings (SSSR count). The summed E-state index contributed by atoms with van der Waals surface area (Å²) in [5.41, 5.74) is -1.11. The SMILES string of the molecule is O=C(O)C1(N2CCCCC2)CS(=O)(=O)C1. The molecule has 0 amide bonds. The van der Waals surface area contributed by atoms with Crippen LogP contribution in [0, 0.1) is 0 Å². The first kappa shape index (κ1) is 10.9. The van der Waals surface area contributed by atoms with Crippen LogP contribution in [0.5, 0.6) is 0 Å². The lowest BCUT2D eigenvalue weighted by atomic mass is 9.97. The fourth-order valence-electron chi connectivity index (χ4n) is 2.45. The lowest BCUT2D eigenvalue weighted by Crippen LogP contribution is -2.70. The molecular weight excluding hydrogens is 218 g/mol. The second kappa shape index (κ2) is 3.45. The monoisotopic (exact) mass is 233 g/mol. The fraction of sp³-hybridized carbons (Fsp3) is 0.889. The fourth-order valence-corrected chi connectivity index (χ4v) is 4.43. The molecule has 2 aliphatic rings. The number of carboxylic acids is 1. The van der Waals surface area contributed by atoms with Crippen LogP contribution in [0.15, 0.2) is 0 Å². The molecular formula is C9H15NO4S. The zero-order valence-electron chi connectivity index (χ0n) is 8.48. The number of carbonyl (C=O) groups is 1. The molecule has 2 heterocycles. The molecule has 86 valence electrons. The molecule has 5 nitrogen and oxygen atoms in total. The van der Waals surface area contributed by atoms with Crippen molar-refractivity contribution in [3.63, 3.8) is 0 Å². The van der Waals surface area contributed by atoms with Crippen molar-refractivity contribution in [3.8, 4) is 0 Å². The second-order valence-electron chi connectivity index (χ2n) is 4.42. The molecule has 0 spiro atoms. The van der Waals surface area contributed by atoms with E-state index in [0.717, 1.165) is 19.3 Å². The van der Waals surface area contributed by atoms with Gasteiger partial charge in [0.25, 0.3) is 0 Å². The number of hydrogen-bond donors (Lipinski definition) is 1. The third-order valence-corrected chi connectivity index (χ3v) is 5.11. The molecule has 2 saturated heterocycles. The van der Waals surface area contributed by atoms with Crippen molar-refractivity contribution < 1.29 is 18.3 Å². The summed E-state index contributed by atoms with van der Waals surface area (Å²) in [5.74, 6) is -1.41. The van der Waals surface area contributed by atoms with E-state index in [0.29, 0.717) is 13.1 Å². The number of piperidine rings is 1. The highest BCUT2D eigenvalue weighted by atomic mass is 32.2. The molecule has 6 heteroatoms. The molecule has 0 atom stereocenters. The maximum absolute atomic E-state index is 11.2. The first-order chi connectivity index (χ1) is 6.96. The molecule has 15 heavy (non-hydrogen) atoms. The Balaban J connectivity index is 2.17. The van der Waals surface area contributed by atoms with Gasteiger partial charge in [-0.15, -0.1) is 0 Å². The summed E-state index contributed by atoms with van der Waals surface area (Å²) < 4.78 is 22.3. The van der Waals surface area contributed by atoms with E-state index in [9.17, 15) is 13.2 Å². The van der Waals surface area contributed by atoms with Crippen LogP contribution in [-0.2, 0) is 14.6 Å². The third kappa shape index (κ3) is 1.76. The normalized spacial score (nSPS) is 29.3. The molecule has 2 aliphatic heterocycles. The van der Waals surface area contributed by atoms with Crippen molar-refractivity contribution in [2.75, 3.05) is 24.6 Å². The molecule has 2 fully saturated rings. The first-order valence-electron chi connectivity index (χ1n) is 5.15. The van der Waals surface area contributed by atoms with Crippen LogP contribution in [0.4, 0.5) is 0 Å². The lowest BCUT2D eigenvalue weighted by Gasteiger charge is -2.47. The van der Waals surface area contributed by atoms with E-state index in [1.807, 2.05) is 4.90 Å². The van der Waals surface area contributed by atoms with Gasteiger partial charge in [-0.3, -0.25) is 9.69 Å². The number of hydrogen-bond acceptors (Lipinski definition) is 4. The van der Waals surface area contributed by atoms with Crippen LogP contribution in [0.3, 0.4) is 0 Å². The molecule has 0 aliphatic carbocycles. The van der Waals surface area contributed by atoms with Gasteiger partial charge in [0.2, 0.25) is 0 Å². The van der Waals surface area contributed by atoms with Crippen LogP contribution >= 0.6 is 0 Å². The highest BCUT2D eigenvalue weighted by Crippen LogP contribution is 2.32. The summed E-state index contributed by atoms with van der Waals surface area (Å²) >= 11 is 0. The Hall–Kier alpha value is -0.620. The molecule has 0 aromatic carbocycles. The zero-order chi connectivity index (χ0) is 11.1. The zero-order valence-corrected chi connectivity index (χ0v) is 9.29. The van der Waals surface area contributed by atoms with Crippen molar-refractivity contribution in [1.82, 2.24) is 4.90 Å². The summed E-state index contributed by atoms with van der Waals surface area (Å²) in [6, 6.07) is 0. The highest BCUT2D eigenvalue weighted by molar-refractivity contribution is 7.93. The molecule has 1 N–H and O–H groups in total. The Morgan fingerprint density at radius 1 is 1.13 bits per heavy atom. The summed E-state index contributed by atoms with van der Waals surface area (Å²) in [6.45, 7) is 1.42. The topological polar surface area (TPSA) is 74.7 Å². The summed E-state index contributed by atoms with van der Waals surface area (Å²) in [6.07, 6.45) is 3.04. The van der Waals surface area contributed by atoms with Gasteiger partial charge in [0.15, 0.2) is 9.84 Å². The molecule has 0 unspecified atom stereocenters. The Kier molecular flexibility index (Phi) is 2.50. The average molecular weight is 233 g/mol. The smallest absolute Gasteiger partial charge is 0.326 e. The van der Waals surface area contributed by atoms with E-state index in [1.54, 1.807) is 0 Å². The Labute approximate surface area is 89.0 Å². The van der Waals surface area contributed by atoms with Crippen molar-refractivity contribution in [3.05, 3.63) is 0 Å². The number of nitrogens with zero attached hydrogens (tertiary/aromatic N) is 1. The van der Waals surface area contributed by atoms with Crippen LogP contribution < -0.4 is 0 Å². The minimum atomic E-state index is -3.11. The van der Waals surface area contributed by atoms with Crippen molar-refractivity contribution in [2.24, 2.45) is 0 Å². The number of likely N-dealkylation sites (tertiary alicyclic amines) is 1. The highest BCUT2D eigenvalue weighted by Gasteiger charge is 2.58. The Morgan fingerprint density at radius 2 is 1.67 bits per heavy atom. The molecule has 0 aromatic rings. The average Bonchev–Trinajstić information content (AvgIpc) is 2.14. The second-order valence-corrected chi connectivity index (χ2v) is 6.48. The minimum Gasteiger partial charge on any atom is -0.480 e. The predicted octanol–water partition coefficient (Wildman–Crippen LogP) is -0.276. The Bertz CT molecular complexity index is 358. The first-order valence-corrected chi connectivity index (χ1v) is 6.97. The van der Waals surface area contributed by atoms with Crippen molar-refractivity contribution in [2.45, 2.75) is 24.8 Å². The number of sulfone groups is 1. The minimum absolute atomic E-state index is 0.213. The molecule has 0 aromatic heterocycles. The predicted molar refractivity (Wildman–Crippen MR) is 54.4 cm³/mol. The molecule has 0 saturated carbocycles. The van der Waals surface area contributed by atoms with Gasteiger partial charge in [-0.1, -0.05) is 6.42 Å².